The van der Waals surface area contributed by atoms with Crippen LogP contribution in [0.2, 0.25) is 0 Å². The molecule has 2 heterocycles. The Balaban J connectivity index is 1.45. The Bertz CT molecular complexity index is 740. The van der Waals surface area contributed by atoms with Crippen LogP contribution in [-0.2, 0) is 25.5 Å². The molecule has 3 rings (SSSR count). The molecule has 1 aromatic carbocycles. The molecule has 0 spiro atoms. The summed E-state index contributed by atoms with van der Waals surface area (Å²) in [6.45, 7) is 4.77. The van der Waals surface area contributed by atoms with Crippen molar-refractivity contribution in [3.63, 3.8) is 0 Å². The van der Waals surface area contributed by atoms with Crippen molar-refractivity contribution in [2.75, 3.05) is 36.5 Å². The molecule has 0 radical (unpaired) electrons. The lowest BCUT2D eigenvalue weighted by Gasteiger charge is -2.28. The molecule has 6 nitrogen and oxygen atoms in total. The lowest BCUT2D eigenvalue weighted by atomic mass is 10.2. The third kappa shape index (κ3) is 5.80. The van der Waals surface area contributed by atoms with E-state index < -0.39 is 6.10 Å². The van der Waals surface area contributed by atoms with Gasteiger partial charge in [0.25, 0.3) is 5.91 Å². The van der Waals surface area contributed by atoms with Crippen LogP contribution in [0.4, 0.5) is 11.4 Å². The maximum Gasteiger partial charge on any atom is 0.306 e. The highest BCUT2D eigenvalue weighted by molar-refractivity contribution is 7.07. The molecule has 27 heavy (non-hydrogen) atoms. The smallest absolute Gasteiger partial charge is 0.306 e. The average Bonchev–Trinajstić information content (AvgIpc) is 3.21. The molecule has 1 aromatic heterocycles. The Morgan fingerprint density at radius 2 is 1.96 bits per heavy atom. The van der Waals surface area contributed by atoms with Crippen LogP contribution in [0.1, 0.15) is 18.9 Å². The summed E-state index contributed by atoms with van der Waals surface area (Å²) >= 11 is 1.60. The number of carbonyl (C=O) groups is 2. The van der Waals surface area contributed by atoms with Gasteiger partial charge in [0.05, 0.1) is 13.2 Å². The average molecular weight is 388 g/mol. The minimum atomic E-state index is -0.834. The highest BCUT2D eigenvalue weighted by atomic mass is 32.1. The van der Waals surface area contributed by atoms with Gasteiger partial charge in [-0.15, -0.1) is 0 Å². The van der Waals surface area contributed by atoms with E-state index in [-0.39, 0.29) is 18.3 Å². The number of hydrogen-bond acceptors (Lipinski definition) is 6. The van der Waals surface area contributed by atoms with Crippen molar-refractivity contribution < 1.29 is 19.1 Å². The van der Waals surface area contributed by atoms with Gasteiger partial charge in [0, 0.05) is 30.9 Å². The normalized spacial score (nSPS) is 15.2. The van der Waals surface area contributed by atoms with Crippen LogP contribution in [0, 0.1) is 0 Å². The molecule has 7 heteroatoms. The second-order valence-corrected chi connectivity index (χ2v) is 7.18. The van der Waals surface area contributed by atoms with Crippen LogP contribution >= 0.6 is 11.3 Å². The van der Waals surface area contributed by atoms with Crippen LogP contribution in [0.25, 0.3) is 0 Å². The molecule has 144 valence electrons. The van der Waals surface area contributed by atoms with Gasteiger partial charge in [-0.2, -0.15) is 11.3 Å². The zero-order valence-corrected chi connectivity index (χ0v) is 16.2. The summed E-state index contributed by atoms with van der Waals surface area (Å²) in [7, 11) is 0. The lowest BCUT2D eigenvalue weighted by molar-refractivity contribution is -0.153. The van der Waals surface area contributed by atoms with Crippen molar-refractivity contribution in [3.05, 3.63) is 46.7 Å². The second kappa shape index (κ2) is 9.53. The minimum Gasteiger partial charge on any atom is -0.453 e. The predicted octanol–water partition coefficient (Wildman–Crippen LogP) is 3.09. The first-order valence-corrected chi connectivity index (χ1v) is 10.0. The van der Waals surface area contributed by atoms with Crippen molar-refractivity contribution in [1.82, 2.24) is 0 Å². The van der Waals surface area contributed by atoms with Gasteiger partial charge in [-0.3, -0.25) is 9.59 Å². The van der Waals surface area contributed by atoms with Gasteiger partial charge in [-0.1, -0.05) is 0 Å². The first kappa shape index (κ1) is 19.4. The summed E-state index contributed by atoms with van der Waals surface area (Å²) in [6.07, 6.45) is 0.0568. The SMILES string of the molecule is C[C@H](OC(=O)CCc1ccsc1)C(=O)Nc1ccc(N2CCOCC2)cc1. The van der Waals surface area contributed by atoms with Crippen LogP contribution in [0.15, 0.2) is 41.1 Å². The monoisotopic (exact) mass is 388 g/mol. The maximum atomic E-state index is 12.3. The molecule has 2 aromatic rings. The molecular weight excluding hydrogens is 364 g/mol. The van der Waals surface area contributed by atoms with E-state index in [1.165, 1.54) is 0 Å². The highest BCUT2D eigenvalue weighted by Crippen LogP contribution is 2.19. The van der Waals surface area contributed by atoms with Gasteiger partial charge in [0.2, 0.25) is 0 Å². The van der Waals surface area contributed by atoms with E-state index in [2.05, 4.69) is 10.2 Å². The molecule has 1 saturated heterocycles. The largest absolute Gasteiger partial charge is 0.453 e. The molecule has 0 bridgehead atoms. The van der Waals surface area contributed by atoms with Crippen molar-refractivity contribution in [1.29, 1.82) is 0 Å². The fraction of sp³-hybridized carbons (Fsp3) is 0.400. The first-order valence-electron chi connectivity index (χ1n) is 9.06. The quantitative estimate of drug-likeness (QED) is 0.739. The molecule has 1 atom stereocenters. The van der Waals surface area contributed by atoms with Gasteiger partial charge in [-0.05, 0) is 60.0 Å². The number of rotatable bonds is 7. The van der Waals surface area contributed by atoms with Crippen LogP contribution in [-0.4, -0.2) is 44.3 Å². The molecule has 1 aliphatic heterocycles. The number of ether oxygens (including phenoxy) is 2. The number of morpholine rings is 1. The van der Waals surface area contributed by atoms with Gasteiger partial charge in [0.15, 0.2) is 6.10 Å². The number of aryl methyl sites for hydroxylation is 1. The van der Waals surface area contributed by atoms with E-state index in [0.29, 0.717) is 12.1 Å². The molecular formula is C20H24N2O4S. The Morgan fingerprint density at radius 3 is 2.63 bits per heavy atom. The molecule has 1 fully saturated rings. The van der Waals surface area contributed by atoms with E-state index in [1.807, 2.05) is 41.1 Å². The third-order valence-corrected chi connectivity index (χ3v) is 5.12. The molecule has 1 N–H and O–H groups in total. The summed E-state index contributed by atoms with van der Waals surface area (Å²) in [5, 5.41) is 6.77. The number of hydrogen-bond donors (Lipinski definition) is 1. The van der Waals surface area contributed by atoms with Crippen LogP contribution in [0.3, 0.4) is 0 Å². The molecule has 0 saturated carbocycles. The van der Waals surface area contributed by atoms with Gasteiger partial charge in [0.1, 0.15) is 0 Å². The number of anilines is 2. The van der Waals surface area contributed by atoms with Crippen LogP contribution in [0.5, 0.6) is 0 Å². The number of benzene rings is 1. The standard InChI is InChI=1S/C20H24N2O4S/c1-15(26-19(23)7-2-16-8-13-27-14-16)20(24)21-17-3-5-18(6-4-17)22-9-11-25-12-10-22/h3-6,8,13-15H,2,7,9-12H2,1H3,(H,21,24)/t15-/m0/s1. The van der Waals surface area contributed by atoms with Crippen molar-refractivity contribution >= 4 is 34.6 Å². The van der Waals surface area contributed by atoms with E-state index >= 15 is 0 Å². The van der Waals surface area contributed by atoms with E-state index in [4.69, 9.17) is 9.47 Å². The van der Waals surface area contributed by atoms with Crippen LogP contribution < -0.4 is 10.2 Å². The maximum absolute atomic E-state index is 12.3. The molecule has 1 amide bonds. The summed E-state index contributed by atoms with van der Waals surface area (Å²) in [5.41, 5.74) is 2.89. The van der Waals surface area contributed by atoms with E-state index in [9.17, 15) is 9.59 Å². The fourth-order valence-corrected chi connectivity index (χ4v) is 3.52. The van der Waals surface area contributed by atoms with Crippen molar-refractivity contribution in [3.8, 4) is 0 Å². The summed E-state index contributed by atoms with van der Waals surface area (Å²) < 4.78 is 10.6. The van der Waals surface area contributed by atoms with Gasteiger partial charge >= 0.3 is 5.97 Å². The summed E-state index contributed by atoms with van der Waals surface area (Å²) in [5.74, 6) is -0.704. The number of esters is 1. The fourth-order valence-electron chi connectivity index (χ4n) is 2.81. The highest BCUT2D eigenvalue weighted by Gasteiger charge is 2.18. The second-order valence-electron chi connectivity index (χ2n) is 6.40. The zero-order chi connectivity index (χ0) is 19.1. The minimum absolute atomic E-state index is 0.266. The Hall–Kier alpha value is -2.38. The van der Waals surface area contributed by atoms with Crippen molar-refractivity contribution in [2.24, 2.45) is 0 Å². The number of amides is 1. The predicted molar refractivity (Wildman–Crippen MR) is 106 cm³/mol. The molecule has 0 unspecified atom stereocenters. The molecule has 0 aliphatic carbocycles. The Kier molecular flexibility index (Phi) is 6.84. The Morgan fingerprint density at radius 1 is 1.22 bits per heavy atom. The first-order chi connectivity index (χ1) is 13.1. The van der Waals surface area contributed by atoms with Gasteiger partial charge in [-0.25, -0.2) is 0 Å². The van der Waals surface area contributed by atoms with Gasteiger partial charge < -0.3 is 19.7 Å². The number of nitrogens with one attached hydrogen (secondary N) is 1. The molecule has 1 aliphatic rings. The van der Waals surface area contributed by atoms with E-state index in [1.54, 1.807) is 18.3 Å². The number of thiophene rings is 1. The zero-order valence-electron chi connectivity index (χ0n) is 15.3. The van der Waals surface area contributed by atoms with Crippen molar-refractivity contribution in [2.45, 2.75) is 25.9 Å². The van der Waals surface area contributed by atoms with E-state index in [0.717, 1.165) is 37.6 Å². The third-order valence-electron chi connectivity index (χ3n) is 4.39. The number of carbonyl (C=O) groups excluding carboxylic acids is 2. The Labute approximate surface area is 163 Å². The summed E-state index contributed by atoms with van der Waals surface area (Å²) in [4.78, 5) is 26.4. The topological polar surface area (TPSA) is 67.9 Å². The lowest BCUT2D eigenvalue weighted by Crippen LogP contribution is -2.36. The summed E-state index contributed by atoms with van der Waals surface area (Å²) in [6, 6.07) is 9.63. The number of nitrogens with zero attached hydrogens (tertiary/aromatic N) is 1.